The molecule has 0 aliphatic rings. The number of methoxy groups -OCH3 is 1. The normalized spacial score (nSPS) is 12.0. The van der Waals surface area contributed by atoms with E-state index in [4.69, 9.17) is 4.74 Å². The number of carbonyl (C=O) groups is 2. The number of ether oxygens (including phenoxy) is 1. The van der Waals surface area contributed by atoms with Gasteiger partial charge in [-0.25, -0.2) is 8.42 Å². The minimum atomic E-state index is -4.48. The molecule has 0 saturated heterocycles. The number of sulfonamides is 1. The summed E-state index contributed by atoms with van der Waals surface area (Å²) in [5.74, 6) is -0.348. The zero-order chi connectivity index (χ0) is 31.9. The van der Waals surface area contributed by atoms with E-state index in [0.29, 0.717) is 17.9 Å². The molecule has 0 fully saturated rings. The van der Waals surface area contributed by atoms with Crippen molar-refractivity contribution < 1.29 is 27.7 Å². The molecule has 0 saturated carbocycles. The minimum Gasteiger partial charge on any atom is -0.497 e. The molecule has 0 aromatic heterocycles. The third-order valence-corrected chi connectivity index (χ3v) is 8.66. The Morgan fingerprint density at radius 3 is 2.26 bits per heavy atom. The summed E-state index contributed by atoms with van der Waals surface area (Å²) in [5.41, 5.74) is 1.81. The van der Waals surface area contributed by atoms with Crippen LogP contribution in [0.25, 0.3) is 0 Å². The van der Waals surface area contributed by atoms with E-state index < -0.39 is 33.4 Å². The minimum absolute atomic E-state index is 0.0588. The maximum atomic E-state index is 14.0. The lowest BCUT2D eigenvalue weighted by Gasteiger charge is -2.32. The average Bonchev–Trinajstić information content (AvgIpc) is 2.96. The highest BCUT2D eigenvalue weighted by Crippen LogP contribution is 2.29. The molecule has 0 spiro atoms. The van der Waals surface area contributed by atoms with E-state index in [1.165, 1.54) is 43.2 Å². The van der Waals surface area contributed by atoms with Crippen molar-refractivity contribution in [2.24, 2.45) is 5.92 Å². The maximum absolute atomic E-state index is 14.0. The van der Waals surface area contributed by atoms with Gasteiger partial charge in [-0.05, 0) is 62.6 Å². The van der Waals surface area contributed by atoms with Crippen molar-refractivity contribution in [3.8, 4) is 5.75 Å². The van der Waals surface area contributed by atoms with Crippen molar-refractivity contribution in [3.63, 3.8) is 0 Å². The second-order valence-electron chi connectivity index (χ2n) is 10.7. The molecule has 0 bridgehead atoms. The quantitative estimate of drug-likeness (QED) is 0.220. The summed E-state index contributed by atoms with van der Waals surface area (Å²) in [6.45, 7) is 8.73. The Bertz CT molecular complexity index is 1570. The van der Waals surface area contributed by atoms with Gasteiger partial charge in [0.05, 0.1) is 22.6 Å². The third kappa shape index (κ3) is 8.31. The van der Waals surface area contributed by atoms with Crippen molar-refractivity contribution in [3.05, 3.63) is 93.5 Å². The molecule has 0 unspecified atom stereocenters. The van der Waals surface area contributed by atoms with E-state index >= 15 is 0 Å². The van der Waals surface area contributed by atoms with Crippen molar-refractivity contribution in [1.82, 2.24) is 10.2 Å². The van der Waals surface area contributed by atoms with E-state index in [9.17, 15) is 28.1 Å². The topological polar surface area (TPSA) is 139 Å². The van der Waals surface area contributed by atoms with Crippen molar-refractivity contribution in [2.75, 3.05) is 24.5 Å². The smallest absolute Gasteiger partial charge is 0.273 e. The molecule has 0 aliphatic carbocycles. The Kier molecular flexibility index (Phi) is 10.9. The van der Waals surface area contributed by atoms with Crippen LogP contribution < -0.4 is 14.4 Å². The summed E-state index contributed by atoms with van der Waals surface area (Å²) in [6, 6.07) is 16.2. The Labute approximate surface area is 252 Å². The van der Waals surface area contributed by atoms with E-state index in [0.717, 1.165) is 21.5 Å². The SMILES string of the molecule is COc1ccc(N(CC(=O)N(Cc2cccc(C)c2)[C@@H](C)C(=O)NCC(C)C)S(=O)(=O)c2ccc(C)c([N+](=O)[O-])c2)cc1. The number of nitro benzene ring substituents is 1. The van der Waals surface area contributed by atoms with Gasteiger partial charge in [0.1, 0.15) is 18.3 Å². The number of hydrogen-bond acceptors (Lipinski definition) is 7. The number of rotatable bonds is 13. The van der Waals surface area contributed by atoms with Crippen LogP contribution in [0.3, 0.4) is 0 Å². The summed E-state index contributed by atoms with van der Waals surface area (Å²) in [5, 5.41) is 14.4. The maximum Gasteiger partial charge on any atom is 0.273 e. The summed E-state index contributed by atoms with van der Waals surface area (Å²) in [4.78, 5) is 39.1. The highest BCUT2D eigenvalue weighted by molar-refractivity contribution is 7.92. The van der Waals surface area contributed by atoms with E-state index in [2.05, 4.69) is 5.32 Å². The monoisotopic (exact) mass is 610 g/mol. The van der Waals surface area contributed by atoms with Crippen LogP contribution >= 0.6 is 0 Å². The van der Waals surface area contributed by atoms with Crippen LogP contribution in [0.15, 0.2) is 71.6 Å². The number of benzene rings is 3. The molecular weight excluding hydrogens is 572 g/mol. The Morgan fingerprint density at radius 1 is 1.00 bits per heavy atom. The second-order valence-corrected chi connectivity index (χ2v) is 12.6. The average molecular weight is 611 g/mol. The first-order valence-corrected chi connectivity index (χ1v) is 15.2. The zero-order valence-corrected chi connectivity index (χ0v) is 26.1. The highest BCUT2D eigenvalue weighted by Gasteiger charge is 2.33. The summed E-state index contributed by atoms with van der Waals surface area (Å²) in [6.07, 6.45) is 0. The van der Waals surface area contributed by atoms with Crippen LogP contribution in [0.5, 0.6) is 5.75 Å². The molecule has 3 aromatic carbocycles. The predicted molar refractivity (Wildman–Crippen MR) is 164 cm³/mol. The number of anilines is 1. The molecule has 1 atom stereocenters. The fourth-order valence-corrected chi connectivity index (χ4v) is 5.83. The van der Waals surface area contributed by atoms with E-state index in [-0.39, 0.29) is 34.6 Å². The van der Waals surface area contributed by atoms with Crippen LogP contribution in [-0.2, 0) is 26.2 Å². The molecular formula is C31H38N4O7S. The molecule has 0 heterocycles. The van der Waals surface area contributed by atoms with Crippen LogP contribution in [0, 0.1) is 29.9 Å². The molecule has 11 nitrogen and oxygen atoms in total. The Balaban J connectivity index is 2.08. The summed E-state index contributed by atoms with van der Waals surface area (Å²) in [7, 11) is -3.02. The van der Waals surface area contributed by atoms with Crippen molar-refractivity contribution in [1.29, 1.82) is 0 Å². The number of aryl methyl sites for hydroxylation is 2. The first-order valence-electron chi connectivity index (χ1n) is 13.8. The lowest BCUT2D eigenvalue weighted by molar-refractivity contribution is -0.385. The lowest BCUT2D eigenvalue weighted by Crippen LogP contribution is -2.51. The van der Waals surface area contributed by atoms with Crippen LogP contribution in [0.4, 0.5) is 11.4 Å². The van der Waals surface area contributed by atoms with Gasteiger partial charge in [-0.3, -0.25) is 24.0 Å². The summed E-state index contributed by atoms with van der Waals surface area (Å²) < 4.78 is 34.2. The zero-order valence-electron chi connectivity index (χ0n) is 25.2. The number of hydrogen-bond donors (Lipinski definition) is 1. The van der Waals surface area contributed by atoms with Gasteiger partial charge < -0.3 is 15.0 Å². The molecule has 0 aliphatic heterocycles. The van der Waals surface area contributed by atoms with Gasteiger partial charge in [-0.2, -0.15) is 0 Å². The van der Waals surface area contributed by atoms with Crippen LogP contribution in [0.2, 0.25) is 0 Å². The van der Waals surface area contributed by atoms with Gasteiger partial charge in [0, 0.05) is 24.7 Å². The molecule has 43 heavy (non-hydrogen) atoms. The first-order chi connectivity index (χ1) is 20.2. The molecule has 3 rings (SSSR count). The largest absolute Gasteiger partial charge is 0.497 e. The predicted octanol–water partition coefficient (Wildman–Crippen LogP) is 4.61. The van der Waals surface area contributed by atoms with Crippen molar-refractivity contribution in [2.45, 2.75) is 52.1 Å². The molecule has 12 heteroatoms. The molecule has 230 valence electrons. The fraction of sp³-hybridized carbons (Fsp3) is 0.355. The van der Waals surface area contributed by atoms with Gasteiger partial charge in [-0.15, -0.1) is 0 Å². The molecule has 2 amide bonds. The Hall–Kier alpha value is -4.45. The summed E-state index contributed by atoms with van der Waals surface area (Å²) >= 11 is 0. The number of amides is 2. The third-order valence-electron chi connectivity index (χ3n) is 6.89. The number of nitro groups is 1. The second kappa shape index (κ2) is 14.1. The van der Waals surface area contributed by atoms with Gasteiger partial charge in [0.25, 0.3) is 15.7 Å². The standard InChI is InChI=1S/C31H38N4O7S/c1-21(2)18-32-31(37)24(5)33(19-25-9-7-8-22(3)16-25)30(36)20-34(26-11-13-27(42-6)14-12-26)43(40,41)28-15-10-23(4)29(17-28)35(38)39/h7-17,21,24H,18-20H2,1-6H3,(H,32,37)/t24-/m0/s1. The Morgan fingerprint density at radius 2 is 1.67 bits per heavy atom. The van der Waals surface area contributed by atoms with Crippen molar-refractivity contribution >= 4 is 33.2 Å². The highest BCUT2D eigenvalue weighted by atomic mass is 32.2. The van der Waals surface area contributed by atoms with E-state index in [1.54, 1.807) is 19.1 Å². The van der Waals surface area contributed by atoms with Crippen LogP contribution in [-0.4, -0.2) is 56.3 Å². The van der Waals surface area contributed by atoms with Gasteiger partial charge in [-0.1, -0.05) is 49.7 Å². The number of nitrogens with one attached hydrogen (secondary N) is 1. The van der Waals surface area contributed by atoms with Gasteiger partial charge in [0.2, 0.25) is 11.8 Å². The number of carbonyl (C=O) groups excluding carboxylic acids is 2. The lowest BCUT2D eigenvalue weighted by atomic mass is 10.1. The first kappa shape index (κ1) is 33.1. The van der Waals surface area contributed by atoms with Gasteiger partial charge in [0.15, 0.2) is 0 Å². The molecule has 3 aromatic rings. The fourth-order valence-electron chi connectivity index (χ4n) is 4.39. The van der Waals surface area contributed by atoms with Crippen LogP contribution in [0.1, 0.15) is 37.5 Å². The number of nitrogens with zero attached hydrogens (tertiary/aromatic N) is 3. The van der Waals surface area contributed by atoms with Gasteiger partial charge >= 0.3 is 0 Å². The van der Waals surface area contributed by atoms with E-state index in [1.807, 2.05) is 45.0 Å². The molecule has 1 N–H and O–H groups in total. The molecule has 0 radical (unpaired) electrons.